The normalized spacial score (nSPS) is 9.44. The van der Waals surface area contributed by atoms with Gasteiger partial charge in [0.15, 0.2) is 6.29 Å². The van der Waals surface area contributed by atoms with Gasteiger partial charge in [-0.3, -0.25) is 15.0 Å². The maximum Gasteiger partial charge on any atom is 0.337 e. The minimum atomic E-state index is -1.04. The van der Waals surface area contributed by atoms with Crippen LogP contribution < -0.4 is 10.6 Å². The van der Waals surface area contributed by atoms with Crippen LogP contribution in [0, 0.1) is 28.1 Å². The van der Waals surface area contributed by atoms with Crippen molar-refractivity contribution in [1.82, 2.24) is 0 Å². The molecule has 0 aromatic heterocycles. The van der Waals surface area contributed by atoms with Crippen molar-refractivity contribution in [1.29, 1.82) is 15.9 Å². The molecule has 0 bridgehead atoms. The van der Waals surface area contributed by atoms with Crippen LogP contribution in [0.15, 0.2) is 54.6 Å². The number of aromatic carboxylic acids is 1. The predicted octanol–water partition coefficient (Wildman–Crippen LogP) is 3.75. The fourth-order valence-electron chi connectivity index (χ4n) is 3.18. The largest absolute Gasteiger partial charge is 0.507 e. The number of carboxylic acids is 1. The summed E-state index contributed by atoms with van der Waals surface area (Å²) in [6.07, 6.45) is 0.318. The number of carbonyl (C=O) groups excluding carboxylic acids is 2. The van der Waals surface area contributed by atoms with Crippen LogP contribution in [0.4, 0.5) is 11.4 Å². The lowest BCUT2D eigenvalue weighted by Gasteiger charge is -2.10. The summed E-state index contributed by atoms with van der Waals surface area (Å²) in [6.45, 7) is 1.39. The molecule has 0 radical (unpaired) electrons. The van der Waals surface area contributed by atoms with Gasteiger partial charge >= 0.3 is 5.97 Å². The van der Waals surface area contributed by atoms with Gasteiger partial charge in [-0.2, -0.15) is 10.5 Å². The van der Waals surface area contributed by atoms with E-state index in [2.05, 4.69) is 10.6 Å². The van der Waals surface area contributed by atoms with Crippen molar-refractivity contribution in [2.45, 2.75) is 6.92 Å². The van der Waals surface area contributed by atoms with Gasteiger partial charge in [0.1, 0.15) is 11.5 Å². The van der Waals surface area contributed by atoms with E-state index in [0.29, 0.717) is 34.4 Å². The Labute approximate surface area is 206 Å². The number of nitrogens with zero attached hydrogens (tertiary/aromatic N) is 2. The lowest BCUT2D eigenvalue weighted by Crippen LogP contribution is -2.05. The van der Waals surface area contributed by atoms with E-state index in [9.17, 15) is 24.8 Å². The summed E-state index contributed by atoms with van der Waals surface area (Å²) in [5.74, 6) is -1.57. The molecule has 3 aromatic rings. The Balaban J connectivity index is 0.000000297. The average Bonchev–Trinajstić information content (AvgIpc) is 2.87. The fourth-order valence-corrected chi connectivity index (χ4v) is 3.18. The smallest absolute Gasteiger partial charge is 0.337 e. The van der Waals surface area contributed by atoms with Gasteiger partial charge in [-0.25, -0.2) is 4.79 Å². The Morgan fingerprint density at radius 2 is 1.75 bits per heavy atom. The molecule has 0 aliphatic rings. The molecule has 10 heteroatoms. The second-order valence-corrected chi connectivity index (χ2v) is 7.25. The maximum atomic E-state index is 11.1. The van der Waals surface area contributed by atoms with Gasteiger partial charge in [0.25, 0.3) is 0 Å². The first-order chi connectivity index (χ1) is 17.1. The highest BCUT2D eigenvalue weighted by Crippen LogP contribution is 2.31. The number of rotatable bonds is 6. The molecule has 0 fully saturated rings. The highest BCUT2D eigenvalue weighted by atomic mass is 16.4. The van der Waals surface area contributed by atoms with Crippen molar-refractivity contribution in [3.05, 3.63) is 76.9 Å². The molecule has 1 amide bonds. The van der Waals surface area contributed by atoms with Crippen LogP contribution in [0.2, 0.25) is 0 Å². The van der Waals surface area contributed by atoms with Crippen LogP contribution in [0.1, 0.15) is 34.0 Å². The molecule has 0 heterocycles. The van der Waals surface area contributed by atoms with Gasteiger partial charge in [0.2, 0.25) is 5.91 Å². The maximum absolute atomic E-state index is 11.1. The van der Waals surface area contributed by atoms with E-state index in [1.807, 2.05) is 12.1 Å². The lowest BCUT2D eigenvalue weighted by atomic mass is 9.95. The molecule has 0 atom stereocenters. The summed E-state index contributed by atoms with van der Waals surface area (Å²) in [5.41, 5.74) is 2.45. The number of nitrogens with one attached hydrogen (secondary N) is 3. The summed E-state index contributed by atoms with van der Waals surface area (Å²) in [4.78, 5) is 32.6. The van der Waals surface area contributed by atoms with Crippen LogP contribution in [0.5, 0.6) is 5.75 Å². The summed E-state index contributed by atoms with van der Waals surface area (Å²) in [5, 5.41) is 49.4. The number of aldehydes is 1. The minimum Gasteiger partial charge on any atom is -0.507 e. The Bertz CT molecular complexity index is 1430. The standard InChI is InChI=1S/C17H13N3O3.C9H8N2O2/c1-10(22)20-13-4-2-3-11(5-13)14-7-15(16(19)9-21)17(23)6-12(14)8-18;1-11-8-3-2-6(5-10)4-7(8)9(12)13/h2-7,9,19,23H,1H3,(H,20,22);2-4,11H,1H3,(H,12,13). The van der Waals surface area contributed by atoms with E-state index >= 15 is 0 Å². The number of amides is 1. The minimum absolute atomic E-state index is 0.0407. The molecule has 0 saturated heterocycles. The monoisotopic (exact) mass is 483 g/mol. The fraction of sp³-hybridized carbons (Fsp3) is 0.0769. The van der Waals surface area contributed by atoms with Gasteiger partial charge in [-0.15, -0.1) is 0 Å². The Morgan fingerprint density at radius 1 is 1.03 bits per heavy atom. The Kier molecular flexibility index (Phi) is 9.01. The third-order valence-corrected chi connectivity index (χ3v) is 4.81. The predicted molar refractivity (Wildman–Crippen MR) is 133 cm³/mol. The highest BCUT2D eigenvalue weighted by Gasteiger charge is 2.14. The topological polar surface area (TPSA) is 187 Å². The zero-order valence-corrected chi connectivity index (χ0v) is 19.3. The molecular formula is C26H21N5O5. The number of aromatic hydroxyl groups is 1. The first-order valence-corrected chi connectivity index (χ1v) is 10.3. The van der Waals surface area contributed by atoms with Crippen molar-refractivity contribution in [2.24, 2.45) is 0 Å². The highest BCUT2D eigenvalue weighted by molar-refractivity contribution is 6.35. The van der Waals surface area contributed by atoms with Gasteiger partial charge in [-0.05, 0) is 48.0 Å². The first-order valence-electron chi connectivity index (χ1n) is 10.3. The van der Waals surface area contributed by atoms with E-state index in [-0.39, 0.29) is 34.1 Å². The Hall–Kier alpha value is -5.48. The number of carboxylic acid groups (broad SMARTS) is 1. The lowest BCUT2D eigenvalue weighted by molar-refractivity contribution is -0.114. The number of benzene rings is 3. The molecule has 0 saturated carbocycles. The van der Waals surface area contributed by atoms with Crippen molar-refractivity contribution < 1.29 is 24.6 Å². The van der Waals surface area contributed by atoms with Crippen LogP contribution in [0.3, 0.4) is 0 Å². The third-order valence-electron chi connectivity index (χ3n) is 4.81. The summed E-state index contributed by atoms with van der Waals surface area (Å²) < 4.78 is 0. The molecule has 0 aliphatic heterocycles. The van der Waals surface area contributed by atoms with Crippen LogP contribution in [-0.2, 0) is 9.59 Å². The quantitative estimate of drug-likeness (QED) is 0.259. The van der Waals surface area contributed by atoms with Crippen molar-refractivity contribution in [3.8, 4) is 29.0 Å². The Morgan fingerprint density at radius 3 is 2.31 bits per heavy atom. The summed E-state index contributed by atoms with van der Waals surface area (Å²) >= 11 is 0. The van der Waals surface area contributed by atoms with Gasteiger partial charge in [0.05, 0.1) is 28.8 Å². The molecular weight excluding hydrogens is 462 g/mol. The molecule has 3 aromatic carbocycles. The molecule has 5 N–H and O–H groups in total. The zero-order chi connectivity index (χ0) is 26.8. The SMILES string of the molecule is CC(=O)Nc1cccc(-c2cc(C(=N)C=O)c(O)cc2C#N)c1.CNc1ccc(C#N)cc1C(=O)O. The van der Waals surface area contributed by atoms with Crippen molar-refractivity contribution >= 4 is 35.2 Å². The number of hydrogen-bond acceptors (Lipinski definition) is 8. The van der Waals surface area contributed by atoms with E-state index in [4.69, 9.17) is 15.8 Å². The van der Waals surface area contributed by atoms with E-state index in [0.717, 1.165) is 0 Å². The van der Waals surface area contributed by atoms with E-state index in [1.165, 1.54) is 25.1 Å². The number of anilines is 2. The van der Waals surface area contributed by atoms with Crippen molar-refractivity contribution in [2.75, 3.05) is 17.7 Å². The van der Waals surface area contributed by atoms with E-state index in [1.54, 1.807) is 43.4 Å². The average molecular weight is 483 g/mol. The third kappa shape index (κ3) is 6.53. The second kappa shape index (κ2) is 12.1. The molecule has 0 unspecified atom stereocenters. The number of phenolic OH excluding ortho intramolecular Hbond substituents is 1. The van der Waals surface area contributed by atoms with Gasteiger partial charge in [0, 0.05) is 36.5 Å². The van der Waals surface area contributed by atoms with Crippen LogP contribution in [-0.4, -0.2) is 41.1 Å². The molecule has 180 valence electrons. The molecule has 0 aliphatic carbocycles. The first kappa shape index (κ1) is 26.8. The molecule has 0 spiro atoms. The van der Waals surface area contributed by atoms with Gasteiger partial charge in [-0.1, -0.05) is 12.1 Å². The van der Waals surface area contributed by atoms with Crippen molar-refractivity contribution in [3.63, 3.8) is 0 Å². The number of phenols is 1. The van der Waals surface area contributed by atoms with Gasteiger partial charge < -0.3 is 20.8 Å². The van der Waals surface area contributed by atoms with E-state index < -0.39 is 5.97 Å². The summed E-state index contributed by atoms with van der Waals surface area (Å²) in [7, 11) is 1.63. The molecule has 10 nitrogen and oxygen atoms in total. The summed E-state index contributed by atoms with van der Waals surface area (Å²) in [6, 6.07) is 17.8. The number of nitriles is 2. The van der Waals surface area contributed by atoms with Crippen LogP contribution in [0.25, 0.3) is 11.1 Å². The molecule has 3 rings (SSSR count). The molecule has 36 heavy (non-hydrogen) atoms. The second-order valence-electron chi connectivity index (χ2n) is 7.25. The number of carbonyl (C=O) groups is 3. The zero-order valence-electron chi connectivity index (χ0n) is 19.3. The number of hydrogen-bond donors (Lipinski definition) is 5. The van der Waals surface area contributed by atoms with Crippen LogP contribution >= 0.6 is 0 Å².